The molecule has 2 heterocycles. The van der Waals surface area contributed by atoms with Gasteiger partial charge in [-0.25, -0.2) is 4.68 Å². The average Bonchev–Trinajstić information content (AvgIpc) is 3.49. The normalized spacial score (nSPS) is 20.7. The Kier molecular flexibility index (Phi) is 8.97. The fraction of sp³-hybridized carbons (Fsp3) is 0.333. The largest absolute Gasteiger partial charge is 0.489 e. The monoisotopic (exact) mass is 596 g/mol. The van der Waals surface area contributed by atoms with Crippen LogP contribution < -0.4 is 10.1 Å². The van der Waals surface area contributed by atoms with Crippen molar-refractivity contribution in [2.45, 2.75) is 66.5 Å². The number of halogens is 1. The van der Waals surface area contributed by atoms with E-state index in [9.17, 15) is 4.79 Å². The van der Waals surface area contributed by atoms with Gasteiger partial charge >= 0.3 is 0 Å². The minimum atomic E-state index is -0.346. The zero-order valence-corrected chi connectivity index (χ0v) is 26.7. The van der Waals surface area contributed by atoms with E-state index in [1.807, 2.05) is 73.4 Å². The first-order chi connectivity index (χ1) is 20.6. The summed E-state index contributed by atoms with van der Waals surface area (Å²) >= 11 is 7.03. The first kappa shape index (κ1) is 30.4. The van der Waals surface area contributed by atoms with Gasteiger partial charge in [0.1, 0.15) is 12.4 Å². The number of carbonyl (C=O) groups is 1. The lowest BCUT2D eigenvalue weighted by Gasteiger charge is -2.36. The molecule has 1 N–H and O–H groups in total. The number of allylic oxidation sites excluding steroid dienone is 5. The lowest BCUT2D eigenvalue weighted by Crippen LogP contribution is -2.34. The number of hydrogen-bond donors (Lipinski definition) is 1. The summed E-state index contributed by atoms with van der Waals surface area (Å²) in [5, 5.41) is 8.51. The maximum atomic E-state index is 13.8. The fourth-order valence-electron chi connectivity index (χ4n) is 5.80. The minimum absolute atomic E-state index is 0.129. The van der Waals surface area contributed by atoms with Gasteiger partial charge in [0, 0.05) is 42.2 Å². The van der Waals surface area contributed by atoms with Crippen LogP contribution in [0.1, 0.15) is 71.0 Å². The first-order valence-corrected chi connectivity index (χ1v) is 15.3. The van der Waals surface area contributed by atoms with Gasteiger partial charge in [0.25, 0.3) is 0 Å². The number of ether oxygens (including phenoxy) is 1. The molecule has 0 radical (unpaired) electrons. The number of nitrogens with zero attached hydrogens (tertiary/aromatic N) is 3. The van der Waals surface area contributed by atoms with Gasteiger partial charge in [-0.1, -0.05) is 68.3 Å². The van der Waals surface area contributed by atoms with Crippen LogP contribution in [-0.2, 0) is 11.4 Å². The molecule has 2 aromatic carbocycles. The molecule has 0 bridgehead atoms. The number of likely N-dealkylation sites (N-methyl/N-ethyl adjacent to an activating group) is 1. The van der Waals surface area contributed by atoms with Crippen LogP contribution in [0.5, 0.6) is 5.75 Å². The second-order valence-corrected chi connectivity index (χ2v) is 12.6. The highest BCUT2D eigenvalue weighted by Gasteiger charge is 2.41. The number of carbonyl (C=O) groups excluding carboxylic acids is 1. The Labute approximate surface area is 260 Å². The van der Waals surface area contributed by atoms with Crippen molar-refractivity contribution < 1.29 is 9.53 Å². The summed E-state index contributed by atoms with van der Waals surface area (Å²) in [6.07, 6.45) is 12.3. The third-order valence-corrected chi connectivity index (χ3v) is 8.60. The summed E-state index contributed by atoms with van der Waals surface area (Å²) in [4.78, 5) is 16.0. The Morgan fingerprint density at radius 2 is 1.95 bits per heavy atom. The smallest absolute Gasteiger partial charge is 0.163 e. The van der Waals surface area contributed by atoms with E-state index >= 15 is 0 Å². The van der Waals surface area contributed by atoms with Gasteiger partial charge in [0.15, 0.2) is 5.78 Å². The van der Waals surface area contributed by atoms with Crippen LogP contribution in [0.3, 0.4) is 0 Å². The summed E-state index contributed by atoms with van der Waals surface area (Å²) in [5.74, 6) is 0.832. The van der Waals surface area contributed by atoms with Gasteiger partial charge in [-0.05, 0) is 79.6 Å². The Morgan fingerprint density at radius 3 is 2.60 bits per heavy atom. The lowest BCUT2D eigenvalue weighted by molar-refractivity contribution is -0.118. The van der Waals surface area contributed by atoms with E-state index < -0.39 is 0 Å². The summed E-state index contributed by atoms with van der Waals surface area (Å²) < 4.78 is 7.97. The van der Waals surface area contributed by atoms with Crippen LogP contribution in [0.2, 0.25) is 5.02 Å². The van der Waals surface area contributed by atoms with Crippen molar-refractivity contribution in [3.63, 3.8) is 0 Å². The number of ketones is 1. The molecule has 2 aliphatic rings. The predicted octanol–water partition coefficient (Wildman–Crippen LogP) is 8.47. The summed E-state index contributed by atoms with van der Waals surface area (Å²) in [6.45, 7) is 11.0. The Balaban J connectivity index is 1.47. The van der Waals surface area contributed by atoms with Crippen LogP contribution in [0, 0.1) is 5.41 Å². The van der Waals surface area contributed by atoms with E-state index in [0.29, 0.717) is 23.8 Å². The lowest BCUT2D eigenvalue weighted by atomic mass is 9.73. The molecule has 5 rings (SSSR count). The zero-order chi connectivity index (χ0) is 30.7. The minimum Gasteiger partial charge on any atom is -0.489 e. The van der Waals surface area contributed by atoms with Gasteiger partial charge in [0.2, 0.25) is 0 Å². The molecule has 1 aromatic heterocycles. The van der Waals surface area contributed by atoms with Crippen LogP contribution >= 0.6 is 11.6 Å². The molecule has 0 amide bonds. The highest BCUT2D eigenvalue weighted by atomic mass is 35.5. The van der Waals surface area contributed by atoms with Gasteiger partial charge < -0.3 is 15.0 Å². The molecule has 0 fully saturated rings. The van der Waals surface area contributed by atoms with Crippen LogP contribution in [0.4, 0.5) is 0 Å². The quantitative estimate of drug-likeness (QED) is 0.296. The predicted molar refractivity (Wildman–Crippen MR) is 174 cm³/mol. The summed E-state index contributed by atoms with van der Waals surface area (Å²) in [7, 11) is 2.05. The molecule has 7 heteroatoms. The maximum absolute atomic E-state index is 13.8. The molecule has 0 spiro atoms. The molecule has 1 unspecified atom stereocenters. The number of nitrogens with one attached hydrogen (secondary N) is 1. The van der Waals surface area contributed by atoms with Crippen molar-refractivity contribution in [1.82, 2.24) is 20.0 Å². The van der Waals surface area contributed by atoms with Gasteiger partial charge in [0.05, 0.1) is 23.1 Å². The van der Waals surface area contributed by atoms with Gasteiger partial charge in [-0.2, -0.15) is 5.10 Å². The van der Waals surface area contributed by atoms with E-state index in [0.717, 1.165) is 52.3 Å². The summed E-state index contributed by atoms with van der Waals surface area (Å²) in [5.41, 5.74) is 7.81. The SMILES string of the molecule is C/C=C1/NC2=C(C(=O)CC(C)(C)C2)C(c2ccc(OCc3ccc(-n4cccn4)cc3)cc2Cl)N(C)/C1=C/C=C(\C)CC. The van der Waals surface area contributed by atoms with E-state index in [1.165, 1.54) is 5.57 Å². The molecule has 0 saturated heterocycles. The number of rotatable bonds is 7. The van der Waals surface area contributed by atoms with Gasteiger partial charge in [-0.3, -0.25) is 4.79 Å². The average molecular weight is 597 g/mol. The fourth-order valence-corrected chi connectivity index (χ4v) is 6.07. The third kappa shape index (κ3) is 6.65. The number of Topliss-reactive ketones (excluding diaryl/α,β-unsaturated/α-hetero) is 1. The van der Waals surface area contributed by atoms with Crippen molar-refractivity contribution in [1.29, 1.82) is 0 Å². The molecule has 43 heavy (non-hydrogen) atoms. The van der Waals surface area contributed by atoms with E-state index in [4.69, 9.17) is 16.3 Å². The standard InChI is InChI=1S/C36H41ClN4O2/c1-7-24(3)10-17-32-30(8-2)39-31-21-36(4,5)22-33(42)34(31)35(40(32)6)28-16-15-27(20-29(28)37)43-23-25-11-13-26(14-12-25)41-19-9-18-38-41/h8-20,35,39H,7,21-23H2,1-6H3/b24-10+,30-8+,32-17+. The van der Waals surface area contributed by atoms with Crippen LogP contribution in [-0.4, -0.2) is 27.5 Å². The van der Waals surface area contributed by atoms with Gasteiger partial charge in [-0.15, -0.1) is 0 Å². The molecule has 3 aromatic rings. The Morgan fingerprint density at radius 1 is 1.19 bits per heavy atom. The maximum Gasteiger partial charge on any atom is 0.163 e. The Hall–Kier alpha value is -4.03. The molecular weight excluding hydrogens is 556 g/mol. The third-order valence-electron chi connectivity index (χ3n) is 8.27. The van der Waals surface area contributed by atoms with Crippen molar-refractivity contribution in [3.8, 4) is 11.4 Å². The molecule has 1 aliphatic heterocycles. The van der Waals surface area contributed by atoms with E-state index in [-0.39, 0.29) is 17.2 Å². The molecular formula is C36H41ClN4O2. The summed E-state index contributed by atoms with van der Waals surface area (Å²) in [6, 6.07) is 15.5. The molecule has 0 saturated carbocycles. The number of hydrogen-bond acceptors (Lipinski definition) is 5. The van der Waals surface area contributed by atoms with Crippen LogP contribution in [0.15, 0.2) is 107 Å². The molecule has 6 nitrogen and oxygen atoms in total. The van der Waals surface area contributed by atoms with E-state index in [1.54, 1.807) is 6.20 Å². The highest BCUT2D eigenvalue weighted by molar-refractivity contribution is 6.31. The highest BCUT2D eigenvalue weighted by Crippen LogP contribution is 2.47. The number of benzene rings is 2. The first-order valence-electron chi connectivity index (χ1n) is 14.9. The second kappa shape index (κ2) is 12.7. The van der Waals surface area contributed by atoms with E-state index in [2.05, 4.69) is 61.2 Å². The van der Waals surface area contributed by atoms with Crippen molar-refractivity contribution in [3.05, 3.63) is 124 Å². The van der Waals surface area contributed by atoms with Crippen molar-refractivity contribution in [2.24, 2.45) is 5.41 Å². The molecule has 224 valence electrons. The zero-order valence-electron chi connectivity index (χ0n) is 25.9. The topological polar surface area (TPSA) is 59.4 Å². The van der Waals surface area contributed by atoms with Crippen LogP contribution in [0.25, 0.3) is 5.69 Å². The molecule has 1 aliphatic carbocycles. The van der Waals surface area contributed by atoms with Crippen molar-refractivity contribution >= 4 is 17.4 Å². The van der Waals surface area contributed by atoms with Crippen molar-refractivity contribution in [2.75, 3.05) is 7.05 Å². The second-order valence-electron chi connectivity index (χ2n) is 12.2. The number of aromatic nitrogens is 2. The Bertz CT molecular complexity index is 1610. The molecule has 1 atom stereocenters.